The number of nitrogens with zero attached hydrogens (tertiary/aromatic N) is 3. The number of aromatic nitrogens is 3. The number of hydrogen-bond acceptors (Lipinski definition) is 5. The van der Waals surface area contributed by atoms with Crippen LogP contribution >= 0.6 is 0 Å². The number of hydrogen-bond donors (Lipinski definition) is 0. The topological polar surface area (TPSA) is 65.0 Å². The first kappa shape index (κ1) is 28.2. The van der Waals surface area contributed by atoms with E-state index in [1.165, 1.54) is 0 Å². The van der Waals surface area contributed by atoms with E-state index < -0.39 is 0 Å². The van der Waals surface area contributed by atoms with Crippen LogP contribution in [0.25, 0.3) is 100 Å². The zero-order chi connectivity index (χ0) is 33.0. The number of rotatable bonds is 5. The minimum absolute atomic E-state index is 0.645. The number of para-hydroxylation sites is 2. The lowest BCUT2D eigenvalue weighted by Crippen LogP contribution is -1.97. The molecule has 0 N–H and O–H groups in total. The normalized spacial score (nSPS) is 11.6. The smallest absolute Gasteiger partial charge is 0.160 e. The van der Waals surface area contributed by atoms with Gasteiger partial charge in [0.05, 0.1) is 11.4 Å². The Hall–Kier alpha value is -6.85. The Balaban J connectivity index is 1.22. The summed E-state index contributed by atoms with van der Waals surface area (Å²) >= 11 is 0. The van der Waals surface area contributed by atoms with E-state index in [0.29, 0.717) is 5.82 Å². The summed E-state index contributed by atoms with van der Waals surface area (Å²) in [6, 6.07) is 51.8. The van der Waals surface area contributed by atoms with Crippen LogP contribution in [0.3, 0.4) is 0 Å². The lowest BCUT2D eigenvalue weighted by Gasteiger charge is -2.13. The summed E-state index contributed by atoms with van der Waals surface area (Å²) < 4.78 is 13.0. The largest absolute Gasteiger partial charge is 0.456 e. The van der Waals surface area contributed by atoms with E-state index in [9.17, 15) is 0 Å². The zero-order valence-corrected chi connectivity index (χ0v) is 26.7. The molecule has 4 heterocycles. The summed E-state index contributed by atoms with van der Waals surface area (Å²) in [4.78, 5) is 14.6. The SMILES string of the molecule is c1ccc(-c2nc(-c3ccccc3-c3ccncc3)cc(-c3ccc(-c4ccc5c(c4)oc4ccccc45)c4c3oc3ccccc34)n2)cc1. The number of pyridine rings is 1. The molecular formula is C45H27N3O2. The molecule has 0 saturated carbocycles. The molecule has 0 atom stereocenters. The summed E-state index contributed by atoms with van der Waals surface area (Å²) in [5.41, 5.74) is 12.1. The third kappa shape index (κ3) is 4.60. The summed E-state index contributed by atoms with van der Waals surface area (Å²) in [7, 11) is 0. The van der Waals surface area contributed by atoms with E-state index in [2.05, 4.69) is 83.8 Å². The van der Waals surface area contributed by atoms with Crippen molar-refractivity contribution in [2.75, 3.05) is 0 Å². The second kappa shape index (κ2) is 11.4. The van der Waals surface area contributed by atoms with Gasteiger partial charge in [0.2, 0.25) is 0 Å². The second-order valence-corrected chi connectivity index (χ2v) is 12.4. The van der Waals surface area contributed by atoms with Gasteiger partial charge in [-0.15, -0.1) is 0 Å². The maximum absolute atomic E-state index is 6.73. The number of fused-ring (bicyclic) bond motifs is 6. The monoisotopic (exact) mass is 641 g/mol. The summed E-state index contributed by atoms with van der Waals surface area (Å²) in [6.45, 7) is 0. The van der Waals surface area contributed by atoms with E-state index in [4.69, 9.17) is 18.8 Å². The van der Waals surface area contributed by atoms with Gasteiger partial charge < -0.3 is 8.83 Å². The number of benzene rings is 6. The van der Waals surface area contributed by atoms with Crippen molar-refractivity contribution in [1.82, 2.24) is 15.0 Å². The molecule has 0 aliphatic carbocycles. The van der Waals surface area contributed by atoms with E-state index in [1.54, 1.807) is 0 Å². The molecule has 5 heteroatoms. The molecule has 0 amide bonds. The zero-order valence-electron chi connectivity index (χ0n) is 26.7. The molecule has 0 bridgehead atoms. The van der Waals surface area contributed by atoms with Crippen LogP contribution < -0.4 is 0 Å². The Bertz CT molecular complexity index is 2870. The highest BCUT2D eigenvalue weighted by atomic mass is 16.3. The predicted octanol–water partition coefficient (Wildman–Crippen LogP) is 12.0. The van der Waals surface area contributed by atoms with E-state index in [-0.39, 0.29) is 0 Å². The Kier molecular flexibility index (Phi) is 6.42. The standard InChI is InChI=1S/C45H27N3O2/c1-2-10-29(11-3-1)45-47-38(33-13-5-4-12-31(33)28-22-24-46-25-23-28)27-39(48-45)36-21-20-32(43-37-15-7-9-17-41(37)50-44(36)43)30-18-19-35-34-14-6-8-16-40(34)49-42(35)26-30/h1-27H. The Morgan fingerprint density at radius 2 is 1.02 bits per heavy atom. The average molecular weight is 642 g/mol. The van der Waals surface area contributed by atoms with Gasteiger partial charge in [-0.2, -0.15) is 0 Å². The van der Waals surface area contributed by atoms with Crippen LogP contribution in [0.5, 0.6) is 0 Å². The van der Waals surface area contributed by atoms with Crippen LogP contribution in [0.15, 0.2) is 173 Å². The number of furan rings is 2. The van der Waals surface area contributed by atoms with Crippen molar-refractivity contribution in [3.8, 4) is 56.2 Å². The van der Waals surface area contributed by atoms with E-state index in [1.807, 2.05) is 85.2 Å². The van der Waals surface area contributed by atoms with Gasteiger partial charge in [0, 0.05) is 50.6 Å². The third-order valence-corrected chi connectivity index (χ3v) is 9.44. The van der Waals surface area contributed by atoms with Crippen molar-refractivity contribution in [2.45, 2.75) is 0 Å². The molecule has 50 heavy (non-hydrogen) atoms. The van der Waals surface area contributed by atoms with Gasteiger partial charge in [0.15, 0.2) is 5.82 Å². The van der Waals surface area contributed by atoms with Crippen molar-refractivity contribution < 1.29 is 8.83 Å². The van der Waals surface area contributed by atoms with Gasteiger partial charge in [0.25, 0.3) is 0 Å². The van der Waals surface area contributed by atoms with E-state index in [0.717, 1.165) is 94.2 Å². The predicted molar refractivity (Wildman–Crippen MR) is 202 cm³/mol. The van der Waals surface area contributed by atoms with Crippen LogP contribution in [0.1, 0.15) is 0 Å². The maximum Gasteiger partial charge on any atom is 0.160 e. The molecular weight excluding hydrogens is 615 g/mol. The Morgan fingerprint density at radius 3 is 1.84 bits per heavy atom. The highest BCUT2D eigenvalue weighted by Crippen LogP contribution is 2.43. The first-order valence-electron chi connectivity index (χ1n) is 16.6. The minimum atomic E-state index is 0.645. The molecule has 6 aromatic carbocycles. The molecule has 0 fully saturated rings. The molecule has 10 rings (SSSR count). The van der Waals surface area contributed by atoms with Crippen LogP contribution in [-0.2, 0) is 0 Å². The fraction of sp³-hybridized carbons (Fsp3) is 0. The minimum Gasteiger partial charge on any atom is -0.456 e. The van der Waals surface area contributed by atoms with Gasteiger partial charge in [-0.1, -0.05) is 103 Å². The second-order valence-electron chi connectivity index (χ2n) is 12.4. The van der Waals surface area contributed by atoms with Crippen molar-refractivity contribution in [3.63, 3.8) is 0 Å². The van der Waals surface area contributed by atoms with Gasteiger partial charge in [0.1, 0.15) is 22.3 Å². The van der Waals surface area contributed by atoms with Gasteiger partial charge in [-0.25, -0.2) is 9.97 Å². The van der Waals surface area contributed by atoms with Crippen molar-refractivity contribution >= 4 is 43.9 Å². The fourth-order valence-corrected chi connectivity index (χ4v) is 7.09. The van der Waals surface area contributed by atoms with Crippen LogP contribution in [0, 0.1) is 0 Å². The van der Waals surface area contributed by atoms with Gasteiger partial charge in [-0.05, 0) is 70.8 Å². The molecule has 234 valence electrons. The molecule has 0 unspecified atom stereocenters. The van der Waals surface area contributed by atoms with Gasteiger partial charge >= 0.3 is 0 Å². The van der Waals surface area contributed by atoms with Crippen molar-refractivity contribution in [1.29, 1.82) is 0 Å². The van der Waals surface area contributed by atoms with Crippen LogP contribution in [0.4, 0.5) is 0 Å². The van der Waals surface area contributed by atoms with Gasteiger partial charge in [-0.3, -0.25) is 4.98 Å². The molecule has 5 nitrogen and oxygen atoms in total. The lowest BCUT2D eigenvalue weighted by molar-refractivity contribution is 0.668. The Morgan fingerprint density at radius 1 is 0.380 bits per heavy atom. The van der Waals surface area contributed by atoms with Crippen LogP contribution in [0.2, 0.25) is 0 Å². The lowest BCUT2D eigenvalue weighted by atomic mass is 9.94. The molecule has 0 spiro atoms. The summed E-state index contributed by atoms with van der Waals surface area (Å²) in [6.07, 6.45) is 3.64. The first-order chi connectivity index (χ1) is 24.8. The van der Waals surface area contributed by atoms with Crippen molar-refractivity contribution in [3.05, 3.63) is 164 Å². The van der Waals surface area contributed by atoms with Crippen molar-refractivity contribution in [2.24, 2.45) is 0 Å². The highest BCUT2D eigenvalue weighted by Gasteiger charge is 2.21. The van der Waals surface area contributed by atoms with E-state index >= 15 is 0 Å². The maximum atomic E-state index is 6.73. The first-order valence-corrected chi connectivity index (χ1v) is 16.6. The quantitative estimate of drug-likeness (QED) is 0.187. The molecule has 0 aliphatic heterocycles. The highest BCUT2D eigenvalue weighted by molar-refractivity contribution is 6.17. The molecule has 10 aromatic rings. The Labute approximate surface area is 287 Å². The van der Waals surface area contributed by atoms with Crippen LogP contribution in [-0.4, -0.2) is 15.0 Å². The molecule has 0 saturated heterocycles. The summed E-state index contributed by atoms with van der Waals surface area (Å²) in [5, 5.41) is 4.29. The molecule has 0 aliphatic rings. The molecule has 0 radical (unpaired) electrons. The summed E-state index contributed by atoms with van der Waals surface area (Å²) in [5.74, 6) is 0.645. The molecule has 4 aromatic heterocycles. The third-order valence-electron chi connectivity index (χ3n) is 9.44. The fourth-order valence-electron chi connectivity index (χ4n) is 7.09. The average Bonchev–Trinajstić information content (AvgIpc) is 3.77.